The zero-order chi connectivity index (χ0) is 13.2. The highest BCUT2D eigenvalue weighted by atomic mass is 32.1. The van der Waals surface area contributed by atoms with Crippen molar-refractivity contribution in [3.05, 3.63) is 16.1 Å². The molecule has 0 fully saturated rings. The maximum absolute atomic E-state index is 11.8. The number of aromatic nitrogens is 1. The molecular formula is C11H16N2O3S. The normalized spacial score (nSPS) is 13.2. The van der Waals surface area contributed by atoms with Crippen LogP contribution in [0.4, 0.5) is 0 Å². The Labute approximate surface area is 104 Å². The molecule has 0 aliphatic heterocycles. The number of carboxylic acid groups (broad SMARTS) is 1. The van der Waals surface area contributed by atoms with E-state index in [1.54, 1.807) is 6.92 Å². The van der Waals surface area contributed by atoms with Crippen LogP contribution in [0, 0.1) is 12.3 Å². The molecule has 2 N–H and O–H groups in total. The van der Waals surface area contributed by atoms with E-state index in [0.29, 0.717) is 0 Å². The first-order valence-electron chi connectivity index (χ1n) is 5.21. The number of carbonyl (C=O) groups is 2. The van der Waals surface area contributed by atoms with Gasteiger partial charge in [-0.05, 0) is 27.7 Å². The average molecular weight is 256 g/mol. The van der Waals surface area contributed by atoms with Crippen LogP contribution in [-0.4, -0.2) is 22.0 Å². The molecule has 1 aromatic heterocycles. The van der Waals surface area contributed by atoms with Crippen LogP contribution >= 0.6 is 11.3 Å². The predicted octanol–water partition coefficient (Wildman–Crippen LogP) is 1.74. The molecule has 0 radical (unpaired) electrons. The lowest BCUT2D eigenvalue weighted by Gasteiger charge is -2.21. The van der Waals surface area contributed by atoms with Crippen LogP contribution in [0.1, 0.15) is 37.5 Å². The van der Waals surface area contributed by atoms with E-state index in [2.05, 4.69) is 10.3 Å². The number of aryl methyl sites for hydroxylation is 1. The van der Waals surface area contributed by atoms with E-state index in [4.69, 9.17) is 5.11 Å². The summed E-state index contributed by atoms with van der Waals surface area (Å²) in [5.74, 6) is -1.65. The highest BCUT2D eigenvalue weighted by Gasteiger charge is 2.36. The van der Waals surface area contributed by atoms with Crippen molar-refractivity contribution in [1.82, 2.24) is 10.3 Å². The Kier molecular flexibility index (Phi) is 3.87. The van der Waals surface area contributed by atoms with Gasteiger partial charge >= 0.3 is 5.97 Å². The Morgan fingerprint density at radius 3 is 2.53 bits per heavy atom. The molecule has 1 atom stereocenters. The average Bonchev–Trinajstić information content (AvgIpc) is 2.64. The molecule has 1 unspecified atom stereocenters. The van der Waals surface area contributed by atoms with E-state index < -0.39 is 17.3 Å². The number of rotatable bonds is 4. The second-order valence-corrected chi connectivity index (χ2v) is 5.34. The zero-order valence-electron chi connectivity index (χ0n) is 10.3. The predicted molar refractivity (Wildman–Crippen MR) is 64.8 cm³/mol. The summed E-state index contributed by atoms with van der Waals surface area (Å²) < 4.78 is 0. The van der Waals surface area contributed by atoms with Crippen molar-refractivity contribution in [2.24, 2.45) is 5.41 Å². The van der Waals surface area contributed by atoms with Crippen molar-refractivity contribution in [2.45, 2.75) is 33.7 Å². The Morgan fingerprint density at radius 1 is 1.53 bits per heavy atom. The van der Waals surface area contributed by atoms with Crippen LogP contribution in [-0.2, 0) is 9.59 Å². The second-order valence-electron chi connectivity index (χ2n) is 4.45. The Bertz CT molecular complexity index is 440. The quantitative estimate of drug-likeness (QED) is 0.804. The van der Waals surface area contributed by atoms with Gasteiger partial charge in [0.2, 0.25) is 5.91 Å². The number of nitrogens with one attached hydrogen (secondary N) is 1. The summed E-state index contributed by atoms with van der Waals surface area (Å²) >= 11 is 1.45. The van der Waals surface area contributed by atoms with Gasteiger partial charge in [0, 0.05) is 11.1 Å². The molecule has 0 aliphatic carbocycles. The third-order valence-corrected chi connectivity index (χ3v) is 3.60. The van der Waals surface area contributed by atoms with Crippen molar-refractivity contribution in [3.8, 4) is 0 Å². The lowest BCUT2D eigenvalue weighted by molar-refractivity contribution is -0.153. The molecule has 6 heteroatoms. The van der Waals surface area contributed by atoms with Crippen LogP contribution in [0.15, 0.2) is 5.38 Å². The molecule has 17 heavy (non-hydrogen) atoms. The topological polar surface area (TPSA) is 79.3 Å². The summed E-state index contributed by atoms with van der Waals surface area (Å²) in [6.45, 7) is 6.42. The fourth-order valence-electron chi connectivity index (χ4n) is 1.11. The lowest BCUT2D eigenvalue weighted by Crippen LogP contribution is -2.43. The summed E-state index contributed by atoms with van der Waals surface area (Å²) in [5.41, 5.74) is -0.538. The third-order valence-electron chi connectivity index (χ3n) is 2.46. The summed E-state index contributed by atoms with van der Waals surface area (Å²) in [7, 11) is 0. The number of nitrogens with zero attached hydrogens (tertiary/aromatic N) is 1. The van der Waals surface area contributed by atoms with Crippen LogP contribution in [0.25, 0.3) is 0 Å². The van der Waals surface area contributed by atoms with Gasteiger partial charge in [-0.3, -0.25) is 9.59 Å². The van der Waals surface area contributed by atoms with Gasteiger partial charge in [0.05, 0.1) is 6.04 Å². The Hall–Kier alpha value is -1.43. The number of thiazole rings is 1. The van der Waals surface area contributed by atoms with E-state index in [1.807, 2.05) is 12.3 Å². The van der Waals surface area contributed by atoms with Gasteiger partial charge in [0.1, 0.15) is 10.4 Å². The van der Waals surface area contributed by atoms with Crippen molar-refractivity contribution < 1.29 is 14.7 Å². The van der Waals surface area contributed by atoms with Crippen molar-refractivity contribution in [1.29, 1.82) is 0 Å². The van der Waals surface area contributed by atoms with Crippen LogP contribution in [0.2, 0.25) is 0 Å². The second kappa shape index (κ2) is 4.83. The number of carboxylic acids is 1. The minimum Gasteiger partial charge on any atom is -0.480 e. The number of hydrogen-bond acceptors (Lipinski definition) is 4. The molecular weight excluding hydrogens is 240 g/mol. The number of carbonyl (C=O) groups excluding carboxylic acids is 1. The molecule has 94 valence electrons. The minimum atomic E-state index is -1.43. The maximum Gasteiger partial charge on any atom is 0.318 e. The molecule has 1 aromatic rings. The molecule has 0 saturated heterocycles. The van der Waals surface area contributed by atoms with Crippen molar-refractivity contribution in [3.63, 3.8) is 0 Å². The fourth-order valence-corrected chi connectivity index (χ4v) is 1.91. The minimum absolute atomic E-state index is 0.278. The van der Waals surface area contributed by atoms with E-state index in [0.717, 1.165) is 10.7 Å². The number of aliphatic carboxylic acids is 1. The summed E-state index contributed by atoms with van der Waals surface area (Å²) in [5, 5.41) is 14.2. The molecule has 1 rings (SSSR count). The first-order chi connectivity index (χ1) is 7.75. The van der Waals surface area contributed by atoms with Crippen LogP contribution in [0.3, 0.4) is 0 Å². The lowest BCUT2D eigenvalue weighted by atomic mass is 9.92. The van der Waals surface area contributed by atoms with Gasteiger partial charge in [-0.15, -0.1) is 11.3 Å². The van der Waals surface area contributed by atoms with Gasteiger partial charge in [-0.25, -0.2) is 4.98 Å². The summed E-state index contributed by atoms with van der Waals surface area (Å²) in [4.78, 5) is 26.9. The standard InChI is InChI=1S/C11H16N2O3S/c1-6-5-17-8(12-6)7(2)13-9(14)11(3,4)10(15)16/h5,7H,1-4H3,(H,13,14)(H,15,16). The molecule has 1 amide bonds. The first-order valence-corrected chi connectivity index (χ1v) is 6.09. The van der Waals surface area contributed by atoms with Crippen LogP contribution < -0.4 is 5.32 Å². The Morgan fingerprint density at radius 2 is 2.12 bits per heavy atom. The number of amides is 1. The van der Waals surface area contributed by atoms with Crippen molar-refractivity contribution in [2.75, 3.05) is 0 Å². The zero-order valence-corrected chi connectivity index (χ0v) is 11.1. The summed E-state index contributed by atoms with van der Waals surface area (Å²) in [6, 6.07) is -0.278. The molecule has 0 saturated carbocycles. The van der Waals surface area contributed by atoms with Crippen molar-refractivity contribution >= 4 is 23.2 Å². The smallest absolute Gasteiger partial charge is 0.318 e. The van der Waals surface area contributed by atoms with E-state index >= 15 is 0 Å². The molecule has 5 nitrogen and oxygen atoms in total. The van der Waals surface area contributed by atoms with E-state index in [9.17, 15) is 9.59 Å². The van der Waals surface area contributed by atoms with Crippen LogP contribution in [0.5, 0.6) is 0 Å². The third kappa shape index (κ3) is 3.03. The van der Waals surface area contributed by atoms with E-state index in [-0.39, 0.29) is 6.04 Å². The van der Waals surface area contributed by atoms with E-state index in [1.165, 1.54) is 25.2 Å². The largest absolute Gasteiger partial charge is 0.480 e. The van der Waals surface area contributed by atoms with Gasteiger partial charge in [0.15, 0.2) is 0 Å². The monoisotopic (exact) mass is 256 g/mol. The van der Waals surface area contributed by atoms with Gasteiger partial charge in [-0.2, -0.15) is 0 Å². The number of hydrogen-bond donors (Lipinski definition) is 2. The molecule has 0 spiro atoms. The van der Waals surface area contributed by atoms with Gasteiger partial charge in [-0.1, -0.05) is 0 Å². The molecule has 1 heterocycles. The highest BCUT2D eigenvalue weighted by molar-refractivity contribution is 7.09. The van der Waals surface area contributed by atoms with Gasteiger partial charge in [0.25, 0.3) is 0 Å². The highest BCUT2D eigenvalue weighted by Crippen LogP contribution is 2.21. The maximum atomic E-state index is 11.8. The summed E-state index contributed by atoms with van der Waals surface area (Å²) in [6.07, 6.45) is 0. The Balaban J connectivity index is 2.73. The fraction of sp³-hybridized carbons (Fsp3) is 0.545. The SMILES string of the molecule is Cc1csc(C(C)NC(=O)C(C)(C)C(=O)O)n1. The van der Waals surface area contributed by atoms with Gasteiger partial charge < -0.3 is 10.4 Å². The first kappa shape index (κ1) is 13.6. The molecule has 0 aliphatic rings. The molecule has 0 bridgehead atoms. The molecule has 0 aromatic carbocycles.